The molecular weight excluding hydrogens is 356 g/mol. The maximum absolute atomic E-state index is 14.3. The summed E-state index contributed by atoms with van der Waals surface area (Å²) in [7, 11) is 1.78. The van der Waals surface area contributed by atoms with Crippen molar-refractivity contribution in [2.45, 2.75) is 18.6 Å². The van der Waals surface area contributed by atoms with Crippen molar-refractivity contribution in [3.63, 3.8) is 0 Å². The van der Waals surface area contributed by atoms with E-state index in [0.29, 0.717) is 12.1 Å². The monoisotopic (exact) mass is 373 g/mol. The van der Waals surface area contributed by atoms with E-state index in [0.717, 1.165) is 39.0 Å². The van der Waals surface area contributed by atoms with E-state index in [-0.39, 0.29) is 11.9 Å². The van der Waals surface area contributed by atoms with Gasteiger partial charge in [0.05, 0.1) is 6.04 Å². The van der Waals surface area contributed by atoms with Gasteiger partial charge in [-0.2, -0.15) is 10.2 Å². The largest absolute Gasteiger partial charge is 0.314 e. The van der Waals surface area contributed by atoms with E-state index in [1.807, 2.05) is 18.3 Å². The molecular formula is C18H17F2N5S. The van der Waals surface area contributed by atoms with Gasteiger partial charge in [0.2, 0.25) is 0 Å². The van der Waals surface area contributed by atoms with E-state index in [1.165, 1.54) is 17.4 Å². The maximum Gasteiger partial charge on any atom is 0.151 e. The second kappa shape index (κ2) is 5.85. The highest BCUT2D eigenvalue weighted by Crippen LogP contribution is 2.36. The molecule has 1 aliphatic rings. The standard InChI is InChI=1S/C18H17F2N5S/c1-24-8-11-4-10(5-13(19)17(11)22-24)16-6-12-9-25(23-18(12)26-16)15-2-3-21-7-14(15)20/h4-6,8-9,14-15,21H,2-3,7H2,1H3/t14-,15+/m1/s1. The Morgan fingerprint density at radius 2 is 2.08 bits per heavy atom. The number of rotatable bonds is 2. The van der Waals surface area contributed by atoms with Crippen LogP contribution in [0.4, 0.5) is 8.78 Å². The lowest BCUT2D eigenvalue weighted by atomic mass is 10.1. The average Bonchev–Trinajstić information content (AvgIpc) is 3.27. The van der Waals surface area contributed by atoms with Gasteiger partial charge in [-0.1, -0.05) is 0 Å². The summed E-state index contributed by atoms with van der Waals surface area (Å²) < 4.78 is 31.8. The lowest BCUT2D eigenvalue weighted by Crippen LogP contribution is -2.39. The Labute approximate surface area is 152 Å². The van der Waals surface area contributed by atoms with Crippen LogP contribution in [0.25, 0.3) is 31.6 Å². The number of benzene rings is 1. The number of hydrogen-bond donors (Lipinski definition) is 1. The molecule has 0 bridgehead atoms. The molecule has 1 aromatic carbocycles. The van der Waals surface area contributed by atoms with Crippen LogP contribution in [0.15, 0.2) is 30.6 Å². The SMILES string of the molecule is Cn1cc2cc(-c3cc4cn([C@H]5CCNC[C@H]5F)nc4s3)cc(F)c2n1. The van der Waals surface area contributed by atoms with Gasteiger partial charge >= 0.3 is 0 Å². The molecule has 0 unspecified atom stereocenters. The van der Waals surface area contributed by atoms with Gasteiger partial charge in [-0.15, -0.1) is 11.3 Å². The number of halogens is 2. The van der Waals surface area contributed by atoms with Crippen molar-refractivity contribution in [3.05, 3.63) is 36.4 Å². The predicted octanol–water partition coefficient (Wildman–Crippen LogP) is 3.66. The van der Waals surface area contributed by atoms with Crippen LogP contribution in [0.1, 0.15) is 12.5 Å². The molecule has 5 nitrogen and oxygen atoms in total. The van der Waals surface area contributed by atoms with Crippen LogP contribution in [0.3, 0.4) is 0 Å². The minimum Gasteiger partial charge on any atom is -0.314 e. The third-order valence-electron chi connectivity index (χ3n) is 4.89. The van der Waals surface area contributed by atoms with Crippen LogP contribution in [0.2, 0.25) is 0 Å². The van der Waals surface area contributed by atoms with Crippen molar-refractivity contribution in [3.8, 4) is 10.4 Å². The highest BCUT2D eigenvalue weighted by molar-refractivity contribution is 7.21. The van der Waals surface area contributed by atoms with E-state index in [2.05, 4.69) is 15.5 Å². The first-order chi connectivity index (χ1) is 12.6. The molecule has 1 saturated heterocycles. The highest BCUT2D eigenvalue weighted by atomic mass is 32.1. The van der Waals surface area contributed by atoms with E-state index in [1.54, 1.807) is 22.6 Å². The van der Waals surface area contributed by atoms with Crippen molar-refractivity contribution in [1.82, 2.24) is 24.9 Å². The van der Waals surface area contributed by atoms with E-state index in [9.17, 15) is 8.78 Å². The van der Waals surface area contributed by atoms with Crippen LogP contribution in [0.5, 0.6) is 0 Å². The Bertz CT molecular complexity index is 1080. The first-order valence-electron chi connectivity index (χ1n) is 8.55. The molecule has 2 atom stereocenters. The predicted molar refractivity (Wildman–Crippen MR) is 98.7 cm³/mol. The second-order valence-corrected chi connectivity index (χ2v) is 7.79. The zero-order valence-corrected chi connectivity index (χ0v) is 14.9. The second-order valence-electron chi connectivity index (χ2n) is 6.76. The van der Waals surface area contributed by atoms with Gasteiger partial charge in [0, 0.05) is 41.6 Å². The van der Waals surface area contributed by atoms with Gasteiger partial charge in [0.1, 0.15) is 16.5 Å². The molecule has 1 N–H and O–H groups in total. The number of piperidine rings is 1. The fourth-order valence-corrected chi connectivity index (χ4v) is 4.61. The number of thiophene rings is 1. The zero-order chi connectivity index (χ0) is 17.8. The number of nitrogens with one attached hydrogen (secondary N) is 1. The van der Waals surface area contributed by atoms with Gasteiger partial charge in [-0.25, -0.2) is 8.78 Å². The number of aryl methyl sites for hydroxylation is 1. The molecule has 0 amide bonds. The van der Waals surface area contributed by atoms with Gasteiger partial charge in [0.25, 0.3) is 0 Å². The summed E-state index contributed by atoms with van der Waals surface area (Å²) in [6.45, 7) is 1.17. The molecule has 0 saturated carbocycles. The molecule has 5 rings (SSSR count). The summed E-state index contributed by atoms with van der Waals surface area (Å²) in [5.74, 6) is -0.329. The summed E-state index contributed by atoms with van der Waals surface area (Å²) in [4.78, 5) is 1.79. The summed E-state index contributed by atoms with van der Waals surface area (Å²) >= 11 is 1.50. The minimum absolute atomic E-state index is 0.219. The van der Waals surface area contributed by atoms with Crippen molar-refractivity contribution >= 4 is 32.5 Å². The summed E-state index contributed by atoms with van der Waals surface area (Å²) in [6, 6.07) is 5.23. The lowest BCUT2D eigenvalue weighted by Gasteiger charge is -2.26. The van der Waals surface area contributed by atoms with Crippen molar-refractivity contribution in [2.24, 2.45) is 7.05 Å². The molecule has 4 aromatic rings. The quantitative estimate of drug-likeness (QED) is 0.583. The van der Waals surface area contributed by atoms with E-state index in [4.69, 9.17) is 0 Å². The van der Waals surface area contributed by atoms with Crippen LogP contribution in [0, 0.1) is 5.82 Å². The molecule has 0 aliphatic carbocycles. The van der Waals surface area contributed by atoms with Gasteiger partial charge < -0.3 is 5.32 Å². The van der Waals surface area contributed by atoms with Crippen LogP contribution < -0.4 is 5.32 Å². The summed E-state index contributed by atoms with van der Waals surface area (Å²) in [5, 5.41) is 13.5. The van der Waals surface area contributed by atoms with Gasteiger partial charge in [-0.05, 0) is 36.7 Å². The smallest absolute Gasteiger partial charge is 0.151 e. The number of alkyl halides is 1. The van der Waals surface area contributed by atoms with Gasteiger partial charge in [-0.3, -0.25) is 9.36 Å². The lowest BCUT2D eigenvalue weighted by molar-refractivity contribution is 0.174. The Morgan fingerprint density at radius 3 is 2.88 bits per heavy atom. The molecule has 8 heteroatoms. The Morgan fingerprint density at radius 1 is 1.19 bits per heavy atom. The number of hydrogen-bond acceptors (Lipinski definition) is 4. The normalized spacial score (nSPS) is 21.0. The molecule has 1 fully saturated rings. The highest BCUT2D eigenvalue weighted by Gasteiger charge is 2.27. The Balaban J connectivity index is 1.53. The third-order valence-corrected chi connectivity index (χ3v) is 5.98. The van der Waals surface area contributed by atoms with Crippen LogP contribution in [-0.4, -0.2) is 38.8 Å². The van der Waals surface area contributed by atoms with E-state index >= 15 is 0 Å². The number of nitrogens with zero attached hydrogens (tertiary/aromatic N) is 4. The molecule has 26 heavy (non-hydrogen) atoms. The number of aromatic nitrogens is 4. The van der Waals surface area contributed by atoms with E-state index < -0.39 is 6.17 Å². The summed E-state index contributed by atoms with van der Waals surface area (Å²) in [5.41, 5.74) is 1.19. The Kier molecular flexibility index (Phi) is 3.58. The average molecular weight is 373 g/mol. The van der Waals surface area contributed by atoms with Gasteiger partial charge in [0.15, 0.2) is 5.82 Å². The molecule has 3 aromatic heterocycles. The first kappa shape index (κ1) is 15.9. The van der Waals surface area contributed by atoms with Crippen LogP contribution >= 0.6 is 11.3 Å². The molecule has 0 spiro atoms. The fraction of sp³-hybridized carbons (Fsp3) is 0.333. The van der Waals surface area contributed by atoms with Crippen molar-refractivity contribution < 1.29 is 8.78 Å². The zero-order valence-electron chi connectivity index (χ0n) is 14.1. The Hall–Kier alpha value is -2.32. The van der Waals surface area contributed by atoms with Crippen molar-refractivity contribution in [2.75, 3.05) is 13.1 Å². The van der Waals surface area contributed by atoms with Crippen molar-refractivity contribution in [1.29, 1.82) is 0 Å². The molecule has 134 valence electrons. The molecule has 4 heterocycles. The summed E-state index contributed by atoms with van der Waals surface area (Å²) in [6.07, 6.45) is 3.50. The fourth-order valence-electron chi connectivity index (χ4n) is 3.61. The first-order valence-corrected chi connectivity index (χ1v) is 9.37. The topological polar surface area (TPSA) is 47.7 Å². The maximum atomic E-state index is 14.3. The molecule has 1 aliphatic heterocycles. The third kappa shape index (κ3) is 2.52. The van der Waals surface area contributed by atoms with Crippen LogP contribution in [-0.2, 0) is 7.05 Å². The molecule has 0 radical (unpaired) electrons. The number of fused-ring (bicyclic) bond motifs is 2. The minimum atomic E-state index is -0.931.